The SMILES string of the molecule is CC(=N)N[C@H]1CC[C@H](C(=O)N2CCN(S(=O)(=O)c3ccc4cc(Cl)ccc4c3)CC2)CC1. The number of halogens is 1. The molecule has 1 aliphatic heterocycles. The van der Waals surface area contributed by atoms with E-state index in [4.69, 9.17) is 17.0 Å². The monoisotopic (exact) mass is 476 g/mol. The molecule has 2 aromatic carbocycles. The summed E-state index contributed by atoms with van der Waals surface area (Å²) >= 11 is 6.02. The molecule has 0 aromatic heterocycles. The van der Waals surface area contributed by atoms with E-state index in [0.29, 0.717) is 37.0 Å². The Hall–Kier alpha value is -2.16. The highest BCUT2D eigenvalue weighted by atomic mass is 35.5. The zero-order valence-electron chi connectivity index (χ0n) is 18.2. The van der Waals surface area contributed by atoms with Crippen molar-refractivity contribution in [2.75, 3.05) is 26.2 Å². The minimum absolute atomic E-state index is 0.00504. The van der Waals surface area contributed by atoms with Crippen molar-refractivity contribution >= 4 is 44.1 Å². The summed E-state index contributed by atoms with van der Waals surface area (Å²) in [7, 11) is -3.62. The van der Waals surface area contributed by atoms with Crippen LogP contribution in [0.1, 0.15) is 32.6 Å². The Morgan fingerprint density at radius 3 is 2.28 bits per heavy atom. The Morgan fingerprint density at radius 2 is 1.62 bits per heavy atom. The van der Waals surface area contributed by atoms with Crippen molar-refractivity contribution in [3.05, 3.63) is 41.4 Å². The van der Waals surface area contributed by atoms with Crippen LogP contribution in [-0.2, 0) is 14.8 Å². The molecule has 1 saturated heterocycles. The average molecular weight is 477 g/mol. The first-order chi connectivity index (χ1) is 15.2. The number of amides is 1. The fourth-order valence-corrected chi connectivity index (χ4v) is 6.34. The average Bonchev–Trinajstić information content (AvgIpc) is 2.78. The smallest absolute Gasteiger partial charge is 0.243 e. The molecular formula is C23H29ClN4O3S. The highest BCUT2D eigenvalue weighted by Crippen LogP contribution is 2.28. The van der Waals surface area contributed by atoms with Gasteiger partial charge < -0.3 is 10.2 Å². The number of rotatable bonds is 4. The first-order valence-electron chi connectivity index (χ1n) is 11.0. The van der Waals surface area contributed by atoms with E-state index in [9.17, 15) is 13.2 Å². The number of fused-ring (bicyclic) bond motifs is 1. The second kappa shape index (κ2) is 9.37. The number of piperazine rings is 1. The molecule has 9 heteroatoms. The highest BCUT2D eigenvalue weighted by Gasteiger charge is 2.34. The molecule has 2 N–H and O–H groups in total. The van der Waals surface area contributed by atoms with Crippen LogP contribution in [0, 0.1) is 11.3 Å². The molecule has 4 rings (SSSR count). The Kier molecular flexibility index (Phi) is 6.74. The molecule has 0 spiro atoms. The lowest BCUT2D eigenvalue weighted by atomic mass is 9.85. The lowest BCUT2D eigenvalue weighted by Gasteiger charge is -2.37. The van der Waals surface area contributed by atoms with E-state index in [0.717, 1.165) is 36.5 Å². The van der Waals surface area contributed by atoms with Crippen molar-refractivity contribution in [2.45, 2.75) is 43.5 Å². The normalized spacial score (nSPS) is 22.6. The van der Waals surface area contributed by atoms with Gasteiger partial charge in [-0.25, -0.2) is 8.42 Å². The van der Waals surface area contributed by atoms with Crippen LogP contribution in [0.15, 0.2) is 41.3 Å². The summed E-state index contributed by atoms with van der Waals surface area (Å²) in [5.74, 6) is 0.594. The molecule has 0 radical (unpaired) electrons. The summed E-state index contributed by atoms with van der Waals surface area (Å²) in [6.07, 6.45) is 3.38. The second-order valence-corrected chi connectivity index (χ2v) is 11.1. The van der Waals surface area contributed by atoms with E-state index in [1.807, 2.05) is 17.0 Å². The van der Waals surface area contributed by atoms with Crippen molar-refractivity contribution in [1.82, 2.24) is 14.5 Å². The Labute approximate surface area is 194 Å². The number of amidine groups is 1. The molecule has 1 amide bonds. The summed E-state index contributed by atoms with van der Waals surface area (Å²) in [5, 5.41) is 13.0. The first-order valence-corrected chi connectivity index (χ1v) is 12.9. The lowest BCUT2D eigenvalue weighted by Crippen LogP contribution is -2.52. The van der Waals surface area contributed by atoms with E-state index in [2.05, 4.69) is 5.32 Å². The van der Waals surface area contributed by atoms with E-state index in [-0.39, 0.29) is 22.8 Å². The molecule has 2 aromatic rings. The van der Waals surface area contributed by atoms with Crippen LogP contribution >= 0.6 is 11.6 Å². The van der Waals surface area contributed by atoms with Gasteiger partial charge in [0.05, 0.1) is 10.7 Å². The van der Waals surface area contributed by atoms with Crippen molar-refractivity contribution in [3.8, 4) is 0 Å². The molecule has 2 fully saturated rings. The zero-order valence-corrected chi connectivity index (χ0v) is 19.8. The molecule has 1 aliphatic carbocycles. The number of carbonyl (C=O) groups is 1. The number of hydrogen-bond acceptors (Lipinski definition) is 4. The minimum atomic E-state index is -3.62. The summed E-state index contributed by atoms with van der Waals surface area (Å²) in [4.78, 5) is 15.0. The van der Waals surface area contributed by atoms with Gasteiger partial charge in [-0.2, -0.15) is 4.31 Å². The number of carbonyl (C=O) groups excluding carboxylic acids is 1. The van der Waals surface area contributed by atoms with Gasteiger partial charge in [-0.1, -0.05) is 23.7 Å². The molecule has 1 heterocycles. The predicted octanol–water partition coefficient (Wildman–Crippen LogP) is 3.47. The number of nitrogens with zero attached hydrogens (tertiary/aromatic N) is 2. The highest BCUT2D eigenvalue weighted by molar-refractivity contribution is 7.89. The number of sulfonamides is 1. The van der Waals surface area contributed by atoms with Crippen molar-refractivity contribution in [3.63, 3.8) is 0 Å². The largest absolute Gasteiger partial charge is 0.372 e. The lowest BCUT2D eigenvalue weighted by molar-refractivity contribution is -0.137. The van der Waals surface area contributed by atoms with Gasteiger partial charge in [0.25, 0.3) is 0 Å². The van der Waals surface area contributed by atoms with Crippen LogP contribution in [0.2, 0.25) is 5.02 Å². The van der Waals surface area contributed by atoms with Crippen LogP contribution in [0.5, 0.6) is 0 Å². The van der Waals surface area contributed by atoms with Crippen LogP contribution in [-0.4, -0.2) is 61.6 Å². The third-order valence-electron chi connectivity index (χ3n) is 6.46. The molecule has 32 heavy (non-hydrogen) atoms. The predicted molar refractivity (Wildman–Crippen MR) is 127 cm³/mol. The topological polar surface area (TPSA) is 93.6 Å². The summed E-state index contributed by atoms with van der Waals surface area (Å²) in [5.41, 5.74) is 0. The maximum atomic E-state index is 13.2. The molecular weight excluding hydrogens is 448 g/mol. The minimum Gasteiger partial charge on any atom is -0.372 e. The van der Waals surface area contributed by atoms with Crippen LogP contribution in [0.4, 0.5) is 0 Å². The Bertz CT molecular complexity index is 1120. The number of nitrogens with one attached hydrogen (secondary N) is 2. The van der Waals surface area contributed by atoms with Crippen LogP contribution in [0.3, 0.4) is 0 Å². The molecule has 0 unspecified atom stereocenters. The summed E-state index contributed by atoms with van der Waals surface area (Å²) in [6.45, 7) is 3.17. The molecule has 0 atom stereocenters. The fourth-order valence-electron chi connectivity index (χ4n) is 4.70. The number of benzene rings is 2. The van der Waals surface area contributed by atoms with Gasteiger partial charge in [-0.3, -0.25) is 10.2 Å². The summed E-state index contributed by atoms with van der Waals surface area (Å²) < 4.78 is 27.8. The molecule has 7 nitrogen and oxygen atoms in total. The maximum absolute atomic E-state index is 13.2. The van der Waals surface area contributed by atoms with Crippen molar-refractivity contribution in [1.29, 1.82) is 5.41 Å². The fraction of sp³-hybridized carbons (Fsp3) is 0.478. The van der Waals surface area contributed by atoms with Crippen LogP contribution < -0.4 is 5.32 Å². The first kappa shape index (κ1) is 23.0. The molecule has 0 bridgehead atoms. The van der Waals surface area contributed by atoms with E-state index < -0.39 is 10.0 Å². The molecule has 172 valence electrons. The number of hydrogen-bond donors (Lipinski definition) is 2. The van der Waals surface area contributed by atoms with E-state index >= 15 is 0 Å². The van der Waals surface area contributed by atoms with Gasteiger partial charge in [-0.15, -0.1) is 0 Å². The van der Waals surface area contributed by atoms with Gasteiger partial charge >= 0.3 is 0 Å². The van der Waals surface area contributed by atoms with Gasteiger partial charge in [0, 0.05) is 43.2 Å². The van der Waals surface area contributed by atoms with Crippen molar-refractivity contribution < 1.29 is 13.2 Å². The third kappa shape index (κ3) is 4.92. The van der Waals surface area contributed by atoms with Gasteiger partial charge in [0.15, 0.2) is 0 Å². The van der Waals surface area contributed by atoms with Gasteiger partial charge in [-0.05, 0) is 67.6 Å². The molecule has 1 saturated carbocycles. The second-order valence-electron chi connectivity index (χ2n) is 8.70. The quantitative estimate of drug-likeness (QED) is 0.522. The maximum Gasteiger partial charge on any atom is 0.243 e. The van der Waals surface area contributed by atoms with Gasteiger partial charge in [0.1, 0.15) is 0 Å². The zero-order chi connectivity index (χ0) is 22.9. The van der Waals surface area contributed by atoms with E-state index in [1.54, 1.807) is 31.2 Å². The van der Waals surface area contributed by atoms with Crippen molar-refractivity contribution in [2.24, 2.45) is 5.92 Å². The Morgan fingerprint density at radius 1 is 1.00 bits per heavy atom. The Balaban J connectivity index is 1.36. The van der Waals surface area contributed by atoms with E-state index in [1.165, 1.54) is 4.31 Å². The summed E-state index contributed by atoms with van der Waals surface area (Å²) in [6, 6.07) is 10.7. The standard InChI is InChI=1S/C23H29ClN4O3S/c1-16(25)26-21-7-3-17(4-8-21)23(29)27-10-12-28(13-11-27)32(30,31)22-9-5-18-14-20(24)6-2-19(18)15-22/h2,5-6,9,14-15,17,21H,3-4,7-8,10-13H2,1H3,(H2,25,26)/t17-,21-. The van der Waals surface area contributed by atoms with Crippen LogP contribution in [0.25, 0.3) is 10.8 Å². The van der Waals surface area contributed by atoms with Gasteiger partial charge in [0.2, 0.25) is 15.9 Å². The molecule has 2 aliphatic rings. The third-order valence-corrected chi connectivity index (χ3v) is 8.59.